The first-order valence-corrected chi connectivity index (χ1v) is 11.6. The molecule has 0 bridgehead atoms. The Hall–Kier alpha value is -5.51. The fourth-order valence-electron chi connectivity index (χ4n) is 4.33. The molecule has 7 aromatic rings. The van der Waals surface area contributed by atoms with Crippen LogP contribution in [-0.4, -0.2) is 41.0 Å². The van der Waals surface area contributed by atoms with Crippen LogP contribution in [0.2, 0.25) is 0 Å². The van der Waals surface area contributed by atoms with E-state index in [1.54, 1.807) is 18.6 Å². The van der Waals surface area contributed by atoms with Crippen molar-refractivity contribution in [1.29, 1.82) is 0 Å². The van der Waals surface area contributed by atoms with Crippen molar-refractivity contribution in [1.82, 2.24) is 35.1 Å². The first-order valence-electron chi connectivity index (χ1n) is 11.6. The van der Waals surface area contributed by atoms with Crippen LogP contribution in [0.25, 0.3) is 44.2 Å². The van der Waals surface area contributed by atoms with Gasteiger partial charge in [0, 0.05) is 45.3 Å². The van der Waals surface area contributed by atoms with Crippen LogP contribution in [0.5, 0.6) is 0 Å². The largest absolute Gasteiger partial charge is 0.350 e. The third-order valence-electron chi connectivity index (χ3n) is 6.15. The van der Waals surface area contributed by atoms with Gasteiger partial charge in [0.05, 0.1) is 23.6 Å². The fraction of sp³-hybridized carbons (Fsp3) is 0. The van der Waals surface area contributed by atoms with Crippen molar-refractivity contribution in [3.8, 4) is 11.4 Å². The Kier molecular flexibility index (Phi) is 4.68. The van der Waals surface area contributed by atoms with E-state index in [1.165, 1.54) is 0 Å². The Bertz CT molecular complexity index is 1930. The minimum absolute atomic E-state index is 0.244. The molecule has 5 aromatic heterocycles. The number of anilines is 3. The molecule has 0 saturated carbocycles. The first-order chi connectivity index (χ1) is 18.2. The second-order valence-corrected chi connectivity index (χ2v) is 8.64. The number of nitrogens with one attached hydrogen (secondary N) is 5. The van der Waals surface area contributed by atoms with Crippen molar-refractivity contribution in [2.24, 2.45) is 0 Å². The van der Waals surface area contributed by atoms with E-state index in [-0.39, 0.29) is 5.91 Å². The topological polar surface area (TPSA) is 140 Å². The molecule has 1 amide bonds. The zero-order valence-electron chi connectivity index (χ0n) is 19.3. The molecule has 10 heteroatoms. The zero-order chi connectivity index (χ0) is 24.8. The maximum Gasteiger partial charge on any atom is 0.272 e. The highest BCUT2D eigenvalue weighted by Crippen LogP contribution is 2.25. The summed E-state index contributed by atoms with van der Waals surface area (Å²) in [5, 5.41) is 16.1. The number of H-pyrrole nitrogens is 3. The lowest BCUT2D eigenvalue weighted by Gasteiger charge is -2.07. The molecule has 178 valence electrons. The van der Waals surface area contributed by atoms with Gasteiger partial charge in [-0.25, -0.2) is 15.0 Å². The van der Waals surface area contributed by atoms with Gasteiger partial charge in [-0.05, 0) is 48.5 Å². The molecule has 0 radical (unpaired) electrons. The SMILES string of the molecule is O=C(Nc1cnc2[nH]ccc2c1)c1cc2ccc(-c3nccc(Nc4ccc5[nH]ncc5c4)n3)cc2[nH]1. The monoisotopic (exact) mass is 485 g/mol. The molecule has 5 N–H and O–H groups in total. The normalized spacial score (nSPS) is 11.4. The quantitative estimate of drug-likeness (QED) is 0.222. The number of fused-ring (bicyclic) bond motifs is 3. The van der Waals surface area contributed by atoms with Crippen molar-refractivity contribution in [2.75, 3.05) is 10.6 Å². The smallest absolute Gasteiger partial charge is 0.272 e. The van der Waals surface area contributed by atoms with Gasteiger partial charge in [-0.2, -0.15) is 5.10 Å². The van der Waals surface area contributed by atoms with Gasteiger partial charge in [0.15, 0.2) is 5.82 Å². The molecule has 0 fully saturated rings. The van der Waals surface area contributed by atoms with Crippen molar-refractivity contribution in [3.63, 3.8) is 0 Å². The standard InChI is InChI=1S/C27H19N9O/c37-27(33-20-9-17-5-7-28-25(17)30-14-20)23-11-15-1-2-16(12-22(15)34-23)26-29-8-6-24(35-26)32-19-3-4-21-18(10-19)13-31-36-21/h1-14,34H,(H,28,30)(H,31,36)(H,33,37)(H,29,32,35). The summed E-state index contributed by atoms with van der Waals surface area (Å²) in [5.74, 6) is 1.00. The molecule has 10 nitrogen and oxygen atoms in total. The second kappa shape index (κ2) is 8.31. The highest BCUT2D eigenvalue weighted by molar-refractivity contribution is 6.06. The molecule has 0 unspecified atom stereocenters. The zero-order valence-corrected chi connectivity index (χ0v) is 19.3. The number of benzene rings is 2. The molecule has 0 saturated heterocycles. The van der Waals surface area contributed by atoms with E-state index in [9.17, 15) is 4.79 Å². The highest BCUT2D eigenvalue weighted by Gasteiger charge is 2.12. The number of aromatic nitrogens is 7. The number of hydrogen-bond donors (Lipinski definition) is 5. The number of pyridine rings is 1. The predicted molar refractivity (Wildman–Crippen MR) is 143 cm³/mol. The number of carbonyl (C=O) groups excluding carboxylic acids is 1. The number of hydrogen-bond acceptors (Lipinski definition) is 6. The van der Waals surface area contributed by atoms with E-state index in [0.717, 1.165) is 44.1 Å². The number of nitrogens with zero attached hydrogens (tertiary/aromatic N) is 4. The summed E-state index contributed by atoms with van der Waals surface area (Å²) >= 11 is 0. The van der Waals surface area contributed by atoms with Crippen molar-refractivity contribution < 1.29 is 4.79 Å². The lowest BCUT2D eigenvalue weighted by atomic mass is 10.1. The van der Waals surface area contributed by atoms with E-state index in [2.05, 4.69) is 45.8 Å². The molecular formula is C27H19N9O. The molecular weight excluding hydrogens is 466 g/mol. The van der Waals surface area contributed by atoms with Gasteiger partial charge >= 0.3 is 0 Å². The summed E-state index contributed by atoms with van der Waals surface area (Å²) in [6.45, 7) is 0. The second-order valence-electron chi connectivity index (χ2n) is 8.64. The summed E-state index contributed by atoms with van der Waals surface area (Å²) in [5.41, 5.74) is 5.37. The van der Waals surface area contributed by atoms with Gasteiger partial charge in [0.2, 0.25) is 0 Å². The summed E-state index contributed by atoms with van der Waals surface area (Å²) in [4.78, 5) is 32.6. The molecule has 5 heterocycles. The van der Waals surface area contributed by atoms with Crippen molar-refractivity contribution in [3.05, 3.63) is 91.1 Å². The maximum absolute atomic E-state index is 12.9. The van der Waals surface area contributed by atoms with Crippen LogP contribution in [0.15, 0.2) is 85.5 Å². The van der Waals surface area contributed by atoms with Crippen molar-refractivity contribution in [2.45, 2.75) is 0 Å². The molecule has 0 aliphatic rings. The van der Waals surface area contributed by atoms with E-state index < -0.39 is 0 Å². The molecule has 0 spiro atoms. The Morgan fingerprint density at radius 2 is 1.76 bits per heavy atom. The van der Waals surface area contributed by atoms with Gasteiger partial charge in [-0.15, -0.1) is 0 Å². The summed E-state index contributed by atoms with van der Waals surface area (Å²) in [6, 6.07) is 19.2. The van der Waals surface area contributed by atoms with E-state index in [0.29, 0.717) is 23.0 Å². The van der Waals surface area contributed by atoms with Crippen LogP contribution in [0.4, 0.5) is 17.2 Å². The number of amides is 1. The van der Waals surface area contributed by atoms with Gasteiger partial charge < -0.3 is 20.6 Å². The average molecular weight is 486 g/mol. The Balaban J connectivity index is 1.13. The molecule has 37 heavy (non-hydrogen) atoms. The third kappa shape index (κ3) is 3.92. The van der Waals surface area contributed by atoms with E-state index >= 15 is 0 Å². The van der Waals surface area contributed by atoms with Crippen LogP contribution in [0.3, 0.4) is 0 Å². The minimum Gasteiger partial charge on any atom is -0.350 e. The fourth-order valence-corrected chi connectivity index (χ4v) is 4.33. The number of aromatic amines is 3. The summed E-state index contributed by atoms with van der Waals surface area (Å²) < 4.78 is 0. The van der Waals surface area contributed by atoms with Crippen LogP contribution in [0, 0.1) is 0 Å². The lowest BCUT2D eigenvalue weighted by Crippen LogP contribution is -2.12. The lowest BCUT2D eigenvalue weighted by molar-refractivity contribution is 0.102. The summed E-state index contributed by atoms with van der Waals surface area (Å²) in [7, 11) is 0. The van der Waals surface area contributed by atoms with Crippen molar-refractivity contribution >= 4 is 55.9 Å². The maximum atomic E-state index is 12.9. The molecule has 2 aromatic carbocycles. The first kappa shape index (κ1) is 20.8. The minimum atomic E-state index is -0.244. The molecule has 0 aliphatic heterocycles. The van der Waals surface area contributed by atoms with E-state index in [4.69, 9.17) is 0 Å². The van der Waals surface area contributed by atoms with Gasteiger partial charge in [-0.3, -0.25) is 9.89 Å². The number of carbonyl (C=O) groups is 1. The van der Waals surface area contributed by atoms with E-state index in [1.807, 2.05) is 66.9 Å². The van der Waals surface area contributed by atoms with Crippen LogP contribution < -0.4 is 10.6 Å². The van der Waals surface area contributed by atoms with Gasteiger partial charge in [-0.1, -0.05) is 12.1 Å². The highest BCUT2D eigenvalue weighted by atomic mass is 16.1. The Morgan fingerprint density at radius 1 is 0.811 bits per heavy atom. The van der Waals surface area contributed by atoms with Gasteiger partial charge in [0.1, 0.15) is 17.2 Å². The average Bonchev–Trinajstić information content (AvgIpc) is 3.67. The van der Waals surface area contributed by atoms with Crippen LogP contribution in [0.1, 0.15) is 10.5 Å². The predicted octanol–water partition coefficient (Wildman–Crippen LogP) is 5.37. The van der Waals surface area contributed by atoms with Crippen LogP contribution >= 0.6 is 0 Å². The van der Waals surface area contributed by atoms with Gasteiger partial charge in [0.25, 0.3) is 5.91 Å². The van der Waals surface area contributed by atoms with Crippen LogP contribution in [-0.2, 0) is 0 Å². The Morgan fingerprint density at radius 3 is 2.73 bits per heavy atom. The Labute approximate surface area is 209 Å². The number of rotatable bonds is 5. The molecule has 0 atom stereocenters. The summed E-state index contributed by atoms with van der Waals surface area (Å²) in [6.07, 6.45) is 6.94. The molecule has 7 rings (SSSR count). The molecule has 0 aliphatic carbocycles. The third-order valence-corrected chi connectivity index (χ3v) is 6.15.